The fourth-order valence-electron chi connectivity index (χ4n) is 1.76. The standard InChI is InChI=1S/C15H23N3O3/c1-4-18(9-14(19)17-11(2)3)15(20)10-21-13-8-6-5-7-12(13)16/h5-8,11H,4,9-10,16H2,1-3H3,(H,17,19). The number of ether oxygens (including phenoxy) is 1. The summed E-state index contributed by atoms with van der Waals surface area (Å²) in [5.41, 5.74) is 6.21. The SMILES string of the molecule is CCN(CC(=O)NC(C)C)C(=O)COc1ccccc1N. The summed E-state index contributed by atoms with van der Waals surface area (Å²) in [6.45, 7) is 5.89. The molecule has 6 heteroatoms. The van der Waals surface area contributed by atoms with Crippen molar-refractivity contribution in [2.75, 3.05) is 25.4 Å². The lowest BCUT2D eigenvalue weighted by Gasteiger charge is -2.21. The molecule has 0 aliphatic rings. The van der Waals surface area contributed by atoms with Crippen LogP contribution in [-0.4, -0.2) is 42.5 Å². The maximum Gasteiger partial charge on any atom is 0.260 e. The van der Waals surface area contributed by atoms with Gasteiger partial charge in [0.05, 0.1) is 12.2 Å². The molecular weight excluding hydrogens is 270 g/mol. The monoisotopic (exact) mass is 293 g/mol. The lowest BCUT2D eigenvalue weighted by Crippen LogP contribution is -2.44. The number of nitrogens with two attached hydrogens (primary N) is 1. The van der Waals surface area contributed by atoms with Crippen molar-refractivity contribution in [3.8, 4) is 5.75 Å². The number of rotatable bonds is 7. The van der Waals surface area contributed by atoms with Crippen LogP contribution < -0.4 is 15.8 Å². The summed E-state index contributed by atoms with van der Waals surface area (Å²) in [7, 11) is 0. The molecule has 0 aromatic heterocycles. The van der Waals surface area contributed by atoms with Gasteiger partial charge in [0, 0.05) is 12.6 Å². The number of carbonyl (C=O) groups is 2. The Kier molecular flexibility index (Phi) is 6.52. The van der Waals surface area contributed by atoms with Gasteiger partial charge in [0.25, 0.3) is 5.91 Å². The van der Waals surface area contributed by atoms with Gasteiger partial charge in [0.15, 0.2) is 6.61 Å². The van der Waals surface area contributed by atoms with E-state index in [1.807, 2.05) is 20.8 Å². The molecule has 0 radical (unpaired) electrons. The van der Waals surface area contributed by atoms with Crippen molar-refractivity contribution in [2.24, 2.45) is 0 Å². The van der Waals surface area contributed by atoms with Crippen LogP contribution in [0.3, 0.4) is 0 Å². The van der Waals surface area contributed by atoms with E-state index >= 15 is 0 Å². The first-order chi connectivity index (χ1) is 9.93. The lowest BCUT2D eigenvalue weighted by molar-refractivity contribution is -0.137. The van der Waals surface area contributed by atoms with Crippen LogP contribution in [0.15, 0.2) is 24.3 Å². The maximum atomic E-state index is 12.1. The topological polar surface area (TPSA) is 84.7 Å². The summed E-state index contributed by atoms with van der Waals surface area (Å²) >= 11 is 0. The van der Waals surface area contributed by atoms with Crippen molar-refractivity contribution >= 4 is 17.5 Å². The quantitative estimate of drug-likeness (QED) is 0.735. The highest BCUT2D eigenvalue weighted by Crippen LogP contribution is 2.19. The van der Waals surface area contributed by atoms with E-state index in [0.29, 0.717) is 18.0 Å². The molecule has 0 unspecified atom stereocenters. The van der Waals surface area contributed by atoms with E-state index in [0.717, 1.165) is 0 Å². The Hall–Kier alpha value is -2.24. The van der Waals surface area contributed by atoms with Crippen LogP contribution in [0.4, 0.5) is 5.69 Å². The number of nitrogens with zero attached hydrogens (tertiary/aromatic N) is 1. The van der Waals surface area contributed by atoms with Crippen LogP contribution in [0, 0.1) is 0 Å². The van der Waals surface area contributed by atoms with Gasteiger partial charge in [-0.25, -0.2) is 0 Å². The molecule has 0 aliphatic heterocycles. The van der Waals surface area contributed by atoms with E-state index in [1.165, 1.54) is 4.90 Å². The van der Waals surface area contributed by atoms with Crippen molar-refractivity contribution in [3.63, 3.8) is 0 Å². The van der Waals surface area contributed by atoms with Gasteiger partial charge in [-0.2, -0.15) is 0 Å². The average molecular weight is 293 g/mol. The molecule has 0 heterocycles. The largest absolute Gasteiger partial charge is 0.482 e. The molecule has 3 N–H and O–H groups in total. The first-order valence-corrected chi connectivity index (χ1v) is 6.98. The van der Waals surface area contributed by atoms with Gasteiger partial charge < -0.3 is 20.7 Å². The van der Waals surface area contributed by atoms with Crippen LogP contribution in [0.5, 0.6) is 5.75 Å². The molecule has 0 bridgehead atoms. The molecule has 2 amide bonds. The van der Waals surface area contributed by atoms with E-state index < -0.39 is 0 Å². The Morgan fingerprint density at radius 3 is 2.57 bits per heavy atom. The third-order valence-corrected chi connectivity index (χ3v) is 2.79. The summed E-state index contributed by atoms with van der Waals surface area (Å²) in [6, 6.07) is 7.02. The first kappa shape index (κ1) is 16.8. The van der Waals surface area contributed by atoms with Gasteiger partial charge in [-0.3, -0.25) is 9.59 Å². The molecule has 1 aromatic carbocycles. The van der Waals surface area contributed by atoms with Crippen molar-refractivity contribution in [1.82, 2.24) is 10.2 Å². The zero-order valence-corrected chi connectivity index (χ0v) is 12.8. The molecule has 1 aromatic rings. The molecule has 0 saturated heterocycles. The molecule has 21 heavy (non-hydrogen) atoms. The predicted molar refractivity (Wildman–Crippen MR) is 81.9 cm³/mol. The van der Waals surface area contributed by atoms with Crippen molar-refractivity contribution < 1.29 is 14.3 Å². The Balaban J connectivity index is 2.52. The number of hydrogen-bond donors (Lipinski definition) is 2. The number of benzene rings is 1. The molecule has 0 fully saturated rings. The predicted octanol–water partition coefficient (Wildman–Crippen LogP) is 1.02. The number of hydrogen-bond acceptors (Lipinski definition) is 4. The first-order valence-electron chi connectivity index (χ1n) is 6.98. The van der Waals surface area contributed by atoms with E-state index in [4.69, 9.17) is 10.5 Å². The number of likely N-dealkylation sites (N-methyl/N-ethyl adjacent to an activating group) is 1. The second-order valence-electron chi connectivity index (χ2n) is 4.96. The highest BCUT2D eigenvalue weighted by atomic mass is 16.5. The third kappa shape index (κ3) is 5.72. The van der Waals surface area contributed by atoms with Crippen LogP contribution >= 0.6 is 0 Å². The van der Waals surface area contributed by atoms with Gasteiger partial charge >= 0.3 is 0 Å². The maximum absolute atomic E-state index is 12.1. The third-order valence-electron chi connectivity index (χ3n) is 2.79. The van der Waals surface area contributed by atoms with E-state index in [2.05, 4.69) is 5.32 Å². The van der Waals surface area contributed by atoms with Gasteiger partial charge in [-0.05, 0) is 32.9 Å². The number of nitrogens with one attached hydrogen (secondary N) is 1. The summed E-state index contributed by atoms with van der Waals surface area (Å²) < 4.78 is 5.40. The second kappa shape index (κ2) is 8.14. The molecule has 6 nitrogen and oxygen atoms in total. The Morgan fingerprint density at radius 1 is 1.33 bits per heavy atom. The summed E-state index contributed by atoms with van der Waals surface area (Å²) in [5, 5.41) is 2.75. The normalized spacial score (nSPS) is 10.3. The number of nitrogen functional groups attached to an aromatic ring is 1. The Morgan fingerprint density at radius 2 is 2.00 bits per heavy atom. The number of amides is 2. The lowest BCUT2D eigenvalue weighted by atomic mass is 10.3. The van der Waals surface area contributed by atoms with Crippen LogP contribution in [0.1, 0.15) is 20.8 Å². The van der Waals surface area contributed by atoms with Crippen molar-refractivity contribution in [1.29, 1.82) is 0 Å². The van der Waals surface area contributed by atoms with Gasteiger partial charge in [-0.1, -0.05) is 12.1 Å². The Bertz CT molecular complexity index is 489. The second-order valence-corrected chi connectivity index (χ2v) is 4.96. The van der Waals surface area contributed by atoms with Gasteiger partial charge in [0.2, 0.25) is 5.91 Å². The zero-order chi connectivity index (χ0) is 15.8. The van der Waals surface area contributed by atoms with E-state index in [9.17, 15) is 9.59 Å². The average Bonchev–Trinajstić information content (AvgIpc) is 2.42. The molecule has 0 saturated carbocycles. The van der Waals surface area contributed by atoms with E-state index in [1.54, 1.807) is 24.3 Å². The molecule has 0 spiro atoms. The van der Waals surface area contributed by atoms with Gasteiger partial charge in [-0.15, -0.1) is 0 Å². The number of anilines is 1. The van der Waals surface area contributed by atoms with Gasteiger partial charge in [0.1, 0.15) is 5.75 Å². The van der Waals surface area contributed by atoms with Crippen LogP contribution in [-0.2, 0) is 9.59 Å². The number of carbonyl (C=O) groups excluding carboxylic acids is 2. The highest BCUT2D eigenvalue weighted by molar-refractivity contribution is 5.85. The summed E-state index contributed by atoms with van der Waals surface area (Å²) in [5.74, 6) is 0.0348. The fraction of sp³-hybridized carbons (Fsp3) is 0.467. The van der Waals surface area contributed by atoms with Crippen LogP contribution in [0.2, 0.25) is 0 Å². The molecular formula is C15H23N3O3. The molecule has 1 rings (SSSR count). The minimum atomic E-state index is -0.250. The molecule has 116 valence electrons. The van der Waals surface area contributed by atoms with Crippen molar-refractivity contribution in [2.45, 2.75) is 26.8 Å². The van der Waals surface area contributed by atoms with Crippen LogP contribution in [0.25, 0.3) is 0 Å². The fourth-order valence-corrected chi connectivity index (χ4v) is 1.76. The molecule has 0 aliphatic carbocycles. The minimum absolute atomic E-state index is 0.0289. The summed E-state index contributed by atoms with van der Waals surface area (Å²) in [6.07, 6.45) is 0. The zero-order valence-electron chi connectivity index (χ0n) is 12.8. The smallest absolute Gasteiger partial charge is 0.260 e. The number of para-hydroxylation sites is 2. The minimum Gasteiger partial charge on any atom is -0.482 e. The van der Waals surface area contributed by atoms with Crippen molar-refractivity contribution in [3.05, 3.63) is 24.3 Å². The summed E-state index contributed by atoms with van der Waals surface area (Å²) in [4.78, 5) is 25.2. The Labute approximate surface area is 125 Å². The molecule has 0 atom stereocenters. The van der Waals surface area contributed by atoms with E-state index in [-0.39, 0.29) is 31.0 Å². The highest BCUT2D eigenvalue weighted by Gasteiger charge is 2.16.